The van der Waals surface area contributed by atoms with Crippen molar-refractivity contribution in [3.05, 3.63) is 71.0 Å². The maximum absolute atomic E-state index is 13.0. The fourth-order valence-corrected chi connectivity index (χ4v) is 4.46. The zero-order valence-corrected chi connectivity index (χ0v) is 20.6. The molecule has 0 amide bonds. The summed E-state index contributed by atoms with van der Waals surface area (Å²) in [5, 5.41) is 0.815. The number of hydrogen-bond donors (Lipinski definition) is 1. The number of fused-ring (bicyclic) bond motifs is 1. The number of quaternary nitrogens is 1. The molecule has 4 nitrogen and oxygen atoms in total. The Kier molecular flexibility index (Phi) is 8.76. The van der Waals surface area contributed by atoms with E-state index in [-0.39, 0.29) is 18.2 Å². The summed E-state index contributed by atoms with van der Waals surface area (Å²) in [6.45, 7) is 10.4. The topological polar surface area (TPSA) is 43.9 Å². The lowest BCUT2D eigenvalue weighted by atomic mass is 10.0. The SMILES string of the molecule is Cc1oc2ccc(OCC[NH+]3CCCCC3)cc2c1C(=O)/C=C/c1ccc(C(C)C)cc1.[Cl-]. The number of furan rings is 1. The van der Waals surface area contributed by atoms with Gasteiger partial charge in [-0.1, -0.05) is 44.2 Å². The van der Waals surface area contributed by atoms with Crippen molar-refractivity contribution in [1.29, 1.82) is 0 Å². The number of nitrogens with one attached hydrogen (secondary N) is 1. The number of carbonyl (C=O) groups excluding carboxylic acids is 1. The number of rotatable bonds is 8. The molecule has 1 aromatic heterocycles. The minimum atomic E-state index is -0.0518. The van der Waals surface area contributed by atoms with Gasteiger partial charge < -0.3 is 26.5 Å². The molecule has 0 saturated carbocycles. The molecule has 1 saturated heterocycles. The van der Waals surface area contributed by atoms with Crippen molar-refractivity contribution in [2.45, 2.75) is 46.0 Å². The molecule has 4 rings (SSSR count). The second-order valence-corrected chi connectivity index (χ2v) is 9.12. The van der Waals surface area contributed by atoms with Crippen molar-refractivity contribution < 1.29 is 31.3 Å². The highest BCUT2D eigenvalue weighted by Crippen LogP contribution is 2.30. The third kappa shape index (κ3) is 6.27. The summed E-state index contributed by atoms with van der Waals surface area (Å²) in [6.07, 6.45) is 7.49. The normalized spacial score (nSPS) is 14.7. The van der Waals surface area contributed by atoms with Crippen LogP contribution in [-0.2, 0) is 0 Å². The summed E-state index contributed by atoms with van der Waals surface area (Å²) < 4.78 is 11.9. The molecule has 1 aliphatic heterocycles. The second kappa shape index (κ2) is 11.5. The highest BCUT2D eigenvalue weighted by Gasteiger charge is 2.18. The van der Waals surface area contributed by atoms with Gasteiger partial charge in [-0.3, -0.25) is 4.79 Å². The fourth-order valence-electron chi connectivity index (χ4n) is 4.46. The third-order valence-corrected chi connectivity index (χ3v) is 6.40. The van der Waals surface area contributed by atoms with E-state index >= 15 is 0 Å². The molecular formula is C28H34ClNO3. The number of ether oxygens (including phenoxy) is 1. The average Bonchev–Trinajstić information content (AvgIpc) is 3.13. The van der Waals surface area contributed by atoms with E-state index in [9.17, 15) is 4.79 Å². The summed E-state index contributed by atoms with van der Waals surface area (Å²) in [5.74, 6) is 1.87. The van der Waals surface area contributed by atoms with Crippen LogP contribution in [0.25, 0.3) is 17.0 Å². The van der Waals surface area contributed by atoms with Crippen LogP contribution < -0.4 is 22.0 Å². The molecule has 2 aromatic carbocycles. The monoisotopic (exact) mass is 467 g/mol. The molecule has 0 aliphatic carbocycles. The first-order valence-corrected chi connectivity index (χ1v) is 11.8. The van der Waals surface area contributed by atoms with E-state index in [1.54, 1.807) is 11.0 Å². The van der Waals surface area contributed by atoms with Gasteiger partial charge in [-0.25, -0.2) is 0 Å². The highest BCUT2D eigenvalue weighted by molar-refractivity contribution is 6.15. The van der Waals surface area contributed by atoms with E-state index in [0.29, 0.717) is 23.8 Å². The van der Waals surface area contributed by atoms with E-state index in [2.05, 4.69) is 38.1 Å². The lowest BCUT2D eigenvalue weighted by molar-refractivity contribution is -0.904. The number of benzene rings is 2. The summed E-state index contributed by atoms with van der Waals surface area (Å²) >= 11 is 0. The van der Waals surface area contributed by atoms with Gasteiger partial charge in [0.2, 0.25) is 0 Å². The predicted octanol–water partition coefficient (Wildman–Crippen LogP) is 2.21. The molecule has 0 spiro atoms. The van der Waals surface area contributed by atoms with Crippen molar-refractivity contribution in [3.8, 4) is 5.75 Å². The third-order valence-electron chi connectivity index (χ3n) is 6.40. The summed E-state index contributed by atoms with van der Waals surface area (Å²) in [5.41, 5.74) is 3.63. The first-order chi connectivity index (χ1) is 15.5. The Morgan fingerprint density at radius 1 is 1.09 bits per heavy atom. The number of piperidine rings is 1. The van der Waals surface area contributed by atoms with Crippen LogP contribution in [0.15, 0.2) is 53.0 Å². The standard InChI is InChI=1S/C28H33NO3.ClH/c1-20(2)23-10-7-22(8-11-23)9-13-26(30)28-21(3)32-27-14-12-24(19-25(27)28)31-18-17-29-15-5-4-6-16-29;/h7-14,19-20H,4-6,15-18H2,1-3H3;1H/b13-9+;. The Bertz CT molecular complexity index is 1090. The quantitative estimate of drug-likeness (QED) is 0.408. The number of likely N-dealkylation sites (tertiary alicyclic amines) is 1. The van der Waals surface area contributed by atoms with Crippen LogP contribution in [0, 0.1) is 6.92 Å². The molecule has 1 aliphatic rings. The molecular weight excluding hydrogens is 434 g/mol. The number of ketones is 1. The van der Waals surface area contributed by atoms with E-state index in [0.717, 1.165) is 28.8 Å². The Balaban J connectivity index is 0.00000306. The van der Waals surface area contributed by atoms with Crippen molar-refractivity contribution in [2.24, 2.45) is 0 Å². The van der Waals surface area contributed by atoms with E-state index in [1.165, 1.54) is 37.9 Å². The van der Waals surface area contributed by atoms with Crippen LogP contribution in [0.2, 0.25) is 0 Å². The van der Waals surface area contributed by atoms with Crippen molar-refractivity contribution in [1.82, 2.24) is 0 Å². The lowest BCUT2D eigenvalue weighted by Crippen LogP contribution is -3.13. The van der Waals surface area contributed by atoms with Crippen LogP contribution in [0.3, 0.4) is 0 Å². The Morgan fingerprint density at radius 3 is 2.52 bits per heavy atom. The Hall–Kier alpha value is -2.56. The van der Waals surface area contributed by atoms with Gasteiger partial charge in [-0.15, -0.1) is 0 Å². The van der Waals surface area contributed by atoms with Crippen LogP contribution in [0.5, 0.6) is 5.75 Å². The molecule has 1 N–H and O–H groups in total. The van der Waals surface area contributed by atoms with Crippen LogP contribution in [0.4, 0.5) is 0 Å². The molecule has 5 heteroatoms. The largest absolute Gasteiger partial charge is 1.00 e. The minimum absolute atomic E-state index is 0. The molecule has 0 atom stereocenters. The Labute approximate surface area is 203 Å². The van der Waals surface area contributed by atoms with Gasteiger partial charge >= 0.3 is 0 Å². The zero-order chi connectivity index (χ0) is 22.5. The van der Waals surface area contributed by atoms with Crippen LogP contribution in [-0.4, -0.2) is 32.0 Å². The van der Waals surface area contributed by atoms with Crippen LogP contribution >= 0.6 is 0 Å². The number of allylic oxidation sites excluding steroid dienone is 1. The molecule has 1 fully saturated rings. The van der Waals surface area contributed by atoms with Gasteiger partial charge in [0.15, 0.2) is 5.78 Å². The summed E-state index contributed by atoms with van der Waals surface area (Å²) in [4.78, 5) is 14.7. The molecule has 0 unspecified atom stereocenters. The van der Waals surface area contributed by atoms with Crippen molar-refractivity contribution in [3.63, 3.8) is 0 Å². The molecule has 0 radical (unpaired) electrons. The first kappa shape index (κ1) is 25.1. The molecule has 3 aromatic rings. The number of halogens is 1. The maximum atomic E-state index is 13.0. The lowest BCUT2D eigenvalue weighted by Gasteiger charge is -2.23. The fraction of sp³-hybridized carbons (Fsp3) is 0.393. The van der Waals surface area contributed by atoms with Gasteiger partial charge in [0.1, 0.15) is 30.2 Å². The van der Waals surface area contributed by atoms with E-state index in [4.69, 9.17) is 9.15 Å². The predicted molar refractivity (Wildman–Crippen MR) is 130 cm³/mol. The van der Waals surface area contributed by atoms with Gasteiger partial charge in [0.25, 0.3) is 0 Å². The average molecular weight is 468 g/mol. The smallest absolute Gasteiger partial charge is 0.189 e. The number of carbonyl (C=O) groups is 1. The van der Waals surface area contributed by atoms with Gasteiger partial charge in [0, 0.05) is 5.39 Å². The minimum Gasteiger partial charge on any atom is -1.00 e. The highest BCUT2D eigenvalue weighted by atomic mass is 35.5. The van der Waals surface area contributed by atoms with E-state index in [1.807, 2.05) is 31.2 Å². The van der Waals surface area contributed by atoms with Crippen molar-refractivity contribution >= 4 is 22.8 Å². The summed E-state index contributed by atoms with van der Waals surface area (Å²) in [7, 11) is 0. The number of hydrogen-bond acceptors (Lipinski definition) is 3. The van der Waals surface area contributed by atoms with E-state index < -0.39 is 0 Å². The maximum Gasteiger partial charge on any atom is 0.189 e. The van der Waals surface area contributed by atoms with Gasteiger partial charge in [-0.2, -0.15) is 0 Å². The van der Waals surface area contributed by atoms with Gasteiger partial charge in [-0.05, 0) is 67.5 Å². The molecule has 2 heterocycles. The zero-order valence-electron chi connectivity index (χ0n) is 19.8. The Morgan fingerprint density at radius 2 is 1.82 bits per heavy atom. The molecule has 33 heavy (non-hydrogen) atoms. The van der Waals surface area contributed by atoms with Gasteiger partial charge in [0.05, 0.1) is 18.7 Å². The van der Waals surface area contributed by atoms with Crippen LogP contribution in [0.1, 0.15) is 66.3 Å². The van der Waals surface area contributed by atoms with Crippen molar-refractivity contribution in [2.75, 3.05) is 26.2 Å². The number of aryl methyl sites for hydroxylation is 1. The second-order valence-electron chi connectivity index (χ2n) is 9.12. The molecule has 176 valence electrons. The summed E-state index contributed by atoms with van der Waals surface area (Å²) in [6, 6.07) is 14.1. The molecule has 0 bridgehead atoms. The first-order valence-electron chi connectivity index (χ1n) is 11.8.